The smallest absolute Gasteiger partial charge is 0.325 e. The van der Waals surface area contributed by atoms with Crippen molar-refractivity contribution in [2.24, 2.45) is 0 Å². The van der Waals surface area contributed by atoms with Gasteiger partial charge in [0.1, 0.15) is 48.9 Å². The number of H-pyrrole nitrogens is 1. The maximum atomic E-state index is 15.8. The lowest BCUT2D eigenvalue weighted by molar-refractivity contribution is -0.0618. The van der Waals surface area contributed by atoms with Gasteiger partial charge in [-0.25, -0.2) is 24.3 Å². The molecule has 1 unspecified atom stereocenters. The number of ether oxygens (including phenoxy) is 2. The van der Waals surface area contributed by atoms with Gasteiger partial charge in [-0.3, -0.25) is 23.4 Å². The number of aromatic nitrogens is 8. The summed E-state index contributed by atoms with van der Waals surface area (Å²) >= 11 is 5.18. The Hall–Kier alpha value is -3.58. The van der Waals surface area contributed by atoms with E-state index in [1.54, 1.807) is 4.57 Å². The van der Waals surface area contributed by atoms with E-state index >= 15 is 4.39 Å². The van der Waals surface area contributed by atoms with Gasteiger partial charge in [-0.15, -0.1) is 0 Å². The first-order valence-electron chi connectivity index (χ1n) is 12.6. The van der Waals surface area contributed by atoms with Crippen molar-refractivity contribution in [3.8, 4) is 0 Å². The molecule has 2 aliphatic rings. The summed E-state index contributed by atoms with van der Waals surface area (Å²) in [6, 6.07) is 0. The molecular weight excluding hydrogens is 598 g/mol. The number of nitrogens with two attached hydrogens (primary N) is 2. The zero-order valence-electron chi connectivity index (χ0n) is 21.9. The first-order valence-corrected chi connectivity index (χ1v) is 15.2. The van der Waals surface area contributed by atoms with Gasteiger partial charge >= 0.3 is 6.72 Å². The number of imidazole rings is 2. The Bertz CT molecular complexity index is 1800. The molecule has 7 N–H and O–H groups in total. The Balaban J connectivity index is 1.27. The van der Waals surface area contributed by atoms with Crippen molar-refractivity contribution in [3.05, 3.63) is 40.7 Å². The van der Waals surface area contributed by atoms with Gasteiger partial charge in [-0.2, -0.15) is 4.98 Å². The molecule has 4 aromatic rings. The van der Waals surface area contributed by atoms with Crippen LogP contribution in [0.3, 0.4) is 0 Å². The molecule has 0 aromatic carbocycles. The van der Waals surface area contributed by atoms with Crippen LogP contribution in [0, 0.1) is 0 Å². The molecule has 0 amide bonds. The molecule has 0 aliphatic carbocycles. The van der Waals surface area contributed by atoms with Crippen molar-refractivity contribution in [2.45, 2.75) is 50.1 Å². The second-order valence-electron chi connectivity index (χ2n) is 9.61. The van der Waals surface area contributed by atoms with E-state index in [0.717, 1.165) is 10.9 Å². The summed E-state index contributed by atoms with van der Waals surface area (Å²) in [6.07, 6.45) is -2.40. The van der Waals surface area contributed by atoms with Crippen LogP contribution in [0.1, 0.15) is 31.7 Å². The highest BCUT2D eigenvalue weighted by molar-refractivity contribution is 8.07. The van der Waals surface area contributed by atoms with E-state index in [0.29, 0.717) is 28.9 Å². The zero-order chi connectivity index (χ0) is 29.8. The maximum Gasteiger partial charge on any atom is 0.325 e. The molecule has 20 heteroatoms. The first-order chi connectivity index (χ1) is 20.1. The number of aliphatic hydroxyl groups excluding tert-OH is 1. The second-order valence-corrected chi connectivity index (χ2v) is 12.4. The van der Waals surface area contributed by atoms with Crippen LogP contribution in [0.4, 0.5) is 16.2 Å². The van der Waals surface area contributed by atoms with Gasteiger partial charge in [-0.05, 0) is 31.1 Å². The van der Waals surface area contributed by atoms with Crippen molar-refractivity contribution >= 4 is 52.6 Å². The number of hydrogen-bond acceptors (Lipinski definition) is 14. The van der Waals surface area contributed by atoms with Crippen LogP contribution in [0.5, 0.6) is 0 Å². The Morgan fingerprint density at radius 3 is 2.81 bits per heavy atom. The summed E-state index contributed by atoms with van der Waals surface area (Å²) < 4.78 is 41.5. The highest BCUT2D eigenvalue weighted by atomic mass is 32.5. The number of fused-ring (bicyclic) bond motifs is 2. The molecule has 6 atom stereocenters. The van der Waals surface area contributed by atoms with Gasteiger partial charge in [0.2, 0.25) is 12.2 Å². The molecule has 224 valence electrons. The summed E-state index contributed by atoms with van der Waals surface area (Å²) in [7, 11) is 1.50. The largest absolute Gasteiger partial charge is 0.469 e. The molecule has 0 saturated heterocycles. The number of rotatable bonds is 4. The maximum absolute atomic E-state index is 15.8. The molecule has 0 fully saturated rings. The van der Waals surface area contributed by atoms with E-state index in [1.807, 2.05) is 0 Å². The number of alkyl halides is 1. The van der Waals surface area contributed by atoms with Crippen LogP contribution in [0.2, 0.25) is 0 Å². The minimum atomic E-state index is -4.18. The number of aliphatic hydroxyl groups is 1. The van der Waals surface area contributed by atoms with Crippen molar-refractivity contribution in [1.82, 2.24) is 39.0 Å². The van der Waals surface area contributed by atoms with Gasteiger partial charge in [0.15, 0.2) is 28.9 Å². The van der Waals surface area contributed by atoms with Crippen LogP contribution < -0.4 is 17.0 Å². The summed E-state index contributed by atoms with van der Waals surface area (Å²) in [4.78, 5) is 45.8. The van der Waals surface area contributed by atoms with Crippen molar-refractivity contribution in [3.63, 3.8) is 0 Å². The van der Waals surface area contributed by atoms with Crippen LogP contribution in [0.25, 0.3) is 22.3 Å². The second kappa shape index (κ2) is 10.9. The molecule has 0 saturated carbocycles. The van der Waals surface area contributed by atoms with Crippen LogP contribution in [-0.2, 0) is 30.3 Å². The minimum Gasteiger partial charge on any atom is -0.469 e. The molecular formula is C22H26FN10O7PS. The van der Waals surface area contributed by atoms with Crippen molar-refractivity contribution < 1.29 is 32.9 Å². The third-order valence-corrected chi connectivity index (χ3v) is 8.60. The fourth-order valence-electron chi connectivity index (χ4n) is 5.12. The molecule has 17 nitrogen and oxygen atoms in total. The fraction of sp³-hybridized carbons (Fsp3) is 0.455. The number of nitrogens with zero attached hydrogens (tertiary/aromatic N) is 7. The Kier molecular flexibility index (Phi) is 7.42. The molecule has 6 heterocycles. The van der Waals surface area contributed by atoms with Gasteiger partial charge in [0, 0.05) is 12.7 Å². The quantitative estimate of drug-likeness (QED) is 0.195. The lowest BCUT2D eigenvalue weighted by Gasteiger charge is -2.30. The minimum absolute atomic E-state index is 0.108. The van der Waals surface area contributed by atoms with E-state index in [9.17, 15) is 14.8 Å². The molecule has 4 aromatic heterocycles. The molecule has 0 bridgehead atoms. The van der Waals surface area contributed by atoms with Gasteiger partial charge in [0.05, 0.1) is 6.33 Å². The van der Waals surface area contributed by atoms with Crippen LogP contribution >= 0.6 is 6.72 Å². The lowest BCUT2D eigenvalue weighted by Crippen LogP contribution is -2.35. The number of halogens is 1. The number of anilines is 2. The van der Waals surface area contributed by atoms with E-state index in [4.69, 9.17) is 41.8 Å². The molecule has 2 aliphatic heterocycles. The van der Waals surface area contributed by atoms with Crippen molar-refractivity contribution in [2.75, 3.05) is 25.2 Å². The molecule has 0 spiro atoms. The monoisotopic (exact) mass is 624 g/mol. The van der Waals surface area contributed by atoms with Gasteiger partial charge < -0.3 is 35.5 Å². The van der Waals surface area contributed by atoms with E-state index in [2.05, 4.69) is 29.9 Å². The number of hydrogen-bond donors (Lipinski definition) is 5. The average Bonchev–Trinajstić information content (AvgIpc) is 3.65. The van der Waals surface area contributed by atoms with Crippen molar-refractivity contribution in [1.29, 1.82) is 0 Å². The highest BCUT2D eigenvalue weighted by Crippen LogP contribution is 2.50. The van der Waals surface area contributed by atoms with E-state index in [-0.39, 0.29) is 42.4 Å². The zero-order valence-corrected chi connectivity index (χ0v) is 23.6. The number of aromatic amines is 1. The third kappa shape index (κ3) is 5.02. The molecule has 6 rings (SSSR count). The lowest BCUT2D eigenvalue weighted by atomic mass is 9.99. The third-order valence-electron chi connectivity index (χ3n) is 7.06. The van der Waals surface area contributed by atoms with E-state index in [1.165, 1.54) is 19.8 Å². The van der Waals surface area contributed by atoms with Gasteiger partial charge in [0.25, 0.3) is 5.56 Å². The Morgan fingerprint density at radius 2 is 2.02 bits per heavy atom. The number of methoxy groups -OCH3 is 1. The topological polar surface area (TPSA) is 237 Å². The van der Waals surface area contributed by atoms with Gasteiger partial charge in [-0.1, -0.05) is 0 Å². The predicted molar refractivity (Wildman–Crippen MR) is 148 cm³/mol. The van der Waals surface area contributed by atoms with E-state index < -0.39 is 43.1 Å². The van der Waals surface area contributed by atoms with Crippen LogP contribution in [-0.4, -0.2) is 81.1 Å². The SMILES string of the molecule is CO[C@@H]1C2=C(COP(O)(=S)O[C@@H]([C@@H](O)n3cnc4c(=O)[nH]c(N)nc43)[C@@H](F)CCC2)O[C@H]1n1cnc2c(N)ncnc21. The first kappa shape index (κ1) is 28.5. The highest BCUT2D eigenvalue weighted by Gasteiger charge is 2.42. The number of nitrogens with one attached hydrogen (secondary N) is 1. The Morgan fingerprint density at radius 1 is 1.24 bits per heavy atom. The molecule has 42 heavy (non-hydrogen) atoms. The van der Waals surface area contributed by atoms with Crippen LogP contribution in [0.15, 0.2) is 35.1 Å². The molecule has 0 radical (unpaired) electrons. The summed E-state index contributed by atoms with van der Waals surface area (Å²) in [5.74, 6) is 0.281. The normalized spacial score (nSPS) is 28.0. The fourth-order valence-corrected chi connectivity index (χ4v) is 6.46. The summed E-state index contributed by atoms with van der Waals surface area (Å²) in [5, 5.41) is 11.1. The predicted octanol–water partition coefficient (Wildman–Crippen LogP) is 0.553. The summed E-state index contributed by atoms with van der Waals surface area (Å²) in [6.45, 7) is -4.51. The standard InChI is InChI=1S/C22H26FN10O7PS/c1-37-14-9-3-2-4-10(23)15(20(35)32-7-29-13-18(32)30-22(25)31-19(13)34)40-41(36,42)38-5-11(9)39-21(14)33-8-28-12-16(24)26-6-27-17(12)33/h6-8,10,14-15,20-21,35H,2-5H2,1H3,(H,36,42)(H2,24,26,27)(H3,25,30,31,34)/t10-,14+,15+,20+,21+,41?/m0/s1. The summed E-state index contributed by atoms with van der Waals surface area (Å²) in [5.41, 5.74) is 12.1. The average molecular weight is 625 g/mol. The number of nitrogen functional groups attached to an aromatic ring is 2. The Labute approximate surface area is 240 Å².